The van der Waals surface area contributed by atoms with Crippen molar-refractivity contribution in [2.45, 2.75) is 12.8 Å². The van der Waals surface area contributed by atoms with Gasteiger partial charge in [-0.05, 0) is 41.8 Å². The Morgan fingerprint density at radius 3 is 2.59 bits per heavy atom. The van der Waals surface area contributed by atoms with Gasteiger partial charge in [-0.25, -0.2) is 0 Å². The minimum atomic E-state index is -0.220. The molecular formula is C20H24N4O3. The van der Waals surface area contributed by atoms with E-state index in [1.165, 1.54) is 0 Å². The number of Topliss-reactive ketones (excluding diaryl/α,β-unsaturated/α-hetero) is 1. The maximum Gasteiger partial charge on any atom is 0.233 e. The molecule has 1 fully saturated rings. The van der Waals surface area contributed by atoms with E-state index in [2.05, 4.69) is 17.9 Å². The van der Waals surface area contributed by atoms with Gasteiger partial charge in [-0.2, -0.15) is 0 Å². The molecule has 0 bridgehead atoms. The van der Waals surface area contributed by atoms with Crippen LogP contribution >= 0.6 is 0 Å². The predicted octanol–water partition coefficient (Wildman–Crippen LogP) is 3.55. The Labute approximate surface area is 158 Å². The van der Waals surface area contributed by atoms with Crippen molar-refractivity contribution in [1.29, 1.82) is 0 Å². The number of hydrogen-bond acceptors (Lipinski definition) is 5. The third-order valence-corrected chi connectivity index (χ3v) is 4.61. The van der Waals surface area contributed by atoms with E-state index in [0.29, 0.717) is 23.6 Å². The largest absolute Gasteiger partial charge is 0.569 e. The number of hydrogen-bond donors (Lipinski definition) is 0. The molecule has 0 aliphatic carbocycles. The summed E-state index contributed by atoms with van der Waals surface area (Å²) in [6, 6.07) is 11.6. The summed E-state index contributed by atoms with van der Waals surface area (Å²) in [6.45, 7) is 4.98. The molecule has 7 heteroatoms. The molecule has 7 nitrogen and oxygen atoms in total. The van der Waals surface area contributed by atoms with E-state index in [9.17, 15) is 10.0 Å². The van der Waals surface area contributed by atoms with Crippen LogP contribution in [0.15, 0.2) is 53.8 Å². The van der Waals surface area contributed by atoms with Crippen molar-refractivity contribution in [3.8, 4) is 0 Å². The summed E-state index contributed by atoms with van der Waals surface area (Å²) in [5.41, 5.74) is 1.88. The normalized spacial score (nSPS) is 14.4. The average molecular weight is 368 g/mol. The van der Waals surface area contributed by atoms with E-state index in [4.69, 9.17) is 4.84 Å². The van der Waals surface area contributed by atoms with Crippen molar-refractivity contribution in [1.82, 2.24) is 5.01 Å². The number of carbonyl (C=O) groups excluding carboxylic acids is 1. The molecule has 0 saturated carbocycles. The van der Waals surface area contributed by atoms with Gasteiger partial charge >= 0.3 is 0 Å². The summed E-state index contributed by atoms with van der Waals surface area (Å²) < 4.78 is 0. The van der Waals surface area contributed by atoms with Crippen LogP contribution in [0, 0.1) is 5.21 Å². The number of fused-ring (bicyclic) bond motifs is 1. The number of anilines is 1. The quantitative estimate of drug-likeness (QED) is 0.246. The molecule has 3 rings (SSSR count). The number of hydrazine groups is 1. The highest BCUT2D eigenvalue weighted by Crippen LogP contribution is 2.23. The maximum absolute atomic E-state index is 12.6. The van der Waals surface area contributed by atoms with Gasteiger partial charge in [0, 0.05) is 30.9 Å². The second-order valence-corrected chi connectivity index (χ2v) is 6.84. The fourth-order valence-corrected chi connectivity index (χ4v) is 3.00. The van der Waals surface area contributed by atoms with Crippen LogP contribution in [0.1, 0.15) is 23.2 Å². The van der Waals surface area contributed by atoms with E-state index in [1.54, 1.807) is 11.1 Å². The Balaban J connectivity index is 1.64. The molecular weight excluding hydrogens is 344 g/mol. The lowest BCUT2D eigenvalue weighted by Gasteiger charge is -2.13. The summed E-state index contributed by atoms with van der Waals surface area (Å²) >= 11 is 0. The number of rotatable bonds is 7. The summed E-state index contributed by atoms with van der Waals surface area (Å²) in [4.78, 5) is 20.1. The molecule has 0 atom stereocenters. The van der Waals surface area contributed by atoms with E-state index < -0.39 is 0 Å². The first kappa shape index (κ1) is 18.7. The van der Waals surface area contributed by atoms with Crippen LogP contribution in [0.3, 0.4) is 0 Å². The van der Waals surface area contributed by atoms with E-state index >= 15 is 0 Å². The van der Waals surface area contributed by atoms with Gasteiger partial charge in [-0.1, -0.05) is 24.8 Å². The lowest BCUT2D eigenvalue weighted by molar-refractivity contribution is -0.707. The zero-order valence-electron chi connectivity index (χ0n) is 15.7. The van der Waals surface area contributed by atoms with E-state index in [0.717, 1.165) is 29.3 Å². The van der Waals surface area contributed by atoms with Gasteiger partial charge < -0.3 is 14.9 Å². The molecule has 1 aliphatic rings. The average Bonchev–Trinajstić information content (AvgIpc) is 3.21. The van der Waals surface area contributed by atoms with Gasteiger partial charge in [-0.15, -0.1) is 5.01 Å². The number of carbonyl (C=O) groups is 1. The van der Waals surface area contributed by atoms with Crippen LogP contribution in [0.25, 0.3) is 10.8 Å². The fourth-order valence-electron chi connectivity index (χ4n) is 3.00. The van der Waals surface area contributed by atoms with Crippen LogP contribution in [0.5, 0.6) is 0 Å². The van der Waals surface area contributed by atoms with Gasteiger partial charge in [0.2, 0.25) is 5.28 Å². The van der Waals surface area contributed by atoms with Crippen molar-refractivity contribution in [2.75, 3.05) is 38.7 Å². The third-order valence-electron chi connectivity index (χ3n) is 4.61. The zero-order valence-corrected chi connectivity index (χ0v) is 15.7. The van der Waals surface area contributed by atoms with Crippen LogP contribution < -0.4 is 4.90 Å². The van der Waals surface area contributed by atoms with Crippen molar-refractivity contribution >= 4 is 22.2 Å². The molecule has 2 aromatic rings. The highest BCUT2D eigenvalue weighted by Gasteiger charge is 2.19. The maximum atomic E-state index is 12.6. The number of nitrogens with zero attached hydrogens (tertiary/aromatic N) is 4. The minimum absolute atomic E-state index is 0.122. The number of ketones is 1. The van der Waals surface area contributed by atoms with Crippen molar-refractivity contribution in [2.24, 2.45) is 5.28 Å². The van der Waals surface area contributed by atoms with Gasteiger partial charge in [-0.3, -0.25) is 4.79 Å². The second-order valence-electron chi connectivity index (χ2n) is 6.84. The molecule has 2 aromatic carbocycles. The summed E-state index contributed by atoms with van der Waals surface area (Å²) in [7, 11) is 3.97. The topological polar surface area (TPSA) is 71.2 Å². The monoisotopic (exact) mass is 368 g/mol. The van der Waals surface area contributed by atoms with Crippen LogP contribution in [-0.2, 0) is 4.84 Å². The first-order chi connectivity index (χ1) is 13.0. The van der Waals surface area contributed by atoms with Crippen molar-refractivity contribution in [3.63, 3.8) is 0 Å². The van der Waals surface area contributed by atoms with Crippen molar-refractivity contribution in [3.05, 3.63) is 59.3 Å². The first-order valence-electron chi connectivity index (χ1n) is 8.94. The minimum Gasteiger partial charge on any atom is -0.569 e. The summed E-state index contributed by atoms with van der Waals surface area (Å²) in [5.74, 6) is -0.220. The highest BCUT2D eigenvalue weighted by atomic mass is 16.7. The van der Waals surface area contributed by atoms with Crippen LogP contribution in [0.2, 0.25) is 0 Å². The predicted molar refractivity (Wildman–Crippen MR) is 105 cm³/mol. The lowest BCUT2D eigenvalue weighted by Crippen LogP contribution is -2.27. The third kappa shape index (κ3) is 4.36. The molecule has 1 heterocycles. The van der Waals surface area contributed by atoms with Crippen molar-refractivity contribution < 1.29 is 14.6 Å². The molecule has 0 spiro atoms. The summed E-state index contributed by atoms with van der Waals surface area (Å²) in [5, 5.41) is 18.8. The summed E-state index contributed by atoms with van der Waals surface area (Å²) in [6.07, 6.45) is 1.94. The van der Waals surface area contributed by atoms with Crippen LogP contribution in [-0.4, -0.2) is 49.6 Å². The molecule has 27 heavy (non-hydrogen) atoms. The molecule has 0 unspecified atom stereocenters. The van der Waals surface area contributed by atoms with Gasteiger partial charge in [0.25, 0.3) is 0 Å². The smallest absolute Gasteiger partial charge is 0.233 e. The van der Waals surface area contributed by atoms with E-state index in [1.807, 2.05) is 43.3 Å². The Morgan fingerprint density at radius 1 is 1.22 bits per heavy atom. The SMILES string of the molecule is C=C(CO/N=[N+](/[O-])N1CCCC1)C(=O)c1ccc2cc(N(C)C)ccc2c1. The Morgan fingerprint density at radius 2 is 1.89 bits per heavy atom. The van der Waals surface area contributed by atoms with E-state index in [-0.39, 0.29) is 18.0 Å². The molecule has 1 saturated heterocycles. The van der Waals surface area contributed by atoms with Gasteiger partial charge in [0.15, 0.2) is 12.4 Å². The Kier molecular flexibility index (Phi) is 5.59. The zero-order chi connectivity index (χ0) is 19.4. The standard InChI is InChI=1S/C20H24N4O3/c1-15(14-27-21-24(26)23-10-4-5-11-23)20(25)18-7-6-17-13-19(22(2)3)9-8-16(17)12-18/h6-9,12-13H,1,4-5,10-11,14H2,2-3H3/b24-21+. The van der Waals surface area contributed by atoms with Crippen LogP contribution in [0.4, 0.5) is 5.69 Å². The van der Waals surface area contributed by atoms with Gasteiger partial charge in [0.1, 0.15) is 0 Å². The Hall–Kier alpha value is -3.09. The number of benzene rings is 2. The lowest BCUT2D eigenvalue weighted by atomic mass is 10.0. The second kappa shape index (κ2) is 8.07. The molecule has 0 aromatic heterocycles. The molecule has 0 radical (unpaired) electrons. The fraction of sp³-hybridized carbons (Fsp3) is 0.350. The molecule has 1 aliphatic heterocycles. The highest BCUT2D eigenvalue weighted by molar-refractivity contribution is 6.10. The van der Waals surface area contributed by atoms with Gasteiger partial charge in [0.05, 0.1) is 18.1 Å². The molecule has 0 N–H and O–H groups in total. The molecule has 142 valence electrons. The Bertz CT molecular complexity index is 886. The molecule has 0 amide bonds. The first-order valence-corrected chi connectivity index (χ1v) is 8.94.